The van der Waals surface area contributed by atoms with Crippen LogP contribution in [0, 0.1) is 0 Å². The molecule has 1 aromatic heterocycles. The second-order valence-corrected chi connectivity index (χ2v) is 14.7. The molecule has 9 heteroatoms. The van der Waals surface area contributed by atoms with Crippen LogP contribution in [0.4, 0.5) is 16.4 Å². The number of aromatic nitrogens is 2. The van der Waals surface area contributed by atoms with E-state index >= 15 is 0 Å². The molecule has 3 heterocycles. The molecular formula is C18H31N5O2SSi. The molecule has 0 saturated carbocycles. The van der Waals surface area contributed by atoms with Crippen LogP contribution in [0.15, 0.2) is 5.16 Å². The van der Waals surface area contributed by atoms with Gasteiger partial charge in [0.1, 0.15) is 11.6 Å². The molecule has 0 atom stereocenters. The number of nitrogens with zero attached hydrogens (tertiary/aromatic N) is 4. The number of rotatable bonds is 5. The summed E-state index contributed by atoms with van der Waals surface area (Å²) in [5, 5.41) is 4.20. The fourth-order valence-corrected chi connectivity index (χ4v) is 4.36. The van der Waals surface area contributed by atoms with Gasteiger partial charge in [-0.1, -0.05) is 31.4 Å². The van der Waals surface area contributed by atoms with E-state index in [0.29, 0.717) is 19.7 Å². The van der Waals surface area contributed by atoms with Gasteiger partial charge in [0.15, 0.2) is 5.16 Å². The van der Waals surface area contributed by atoms with Gasteiger partial charge in [0.2, 0.25) is 0 Å². The van der Waals surface area contributed by atoms with Crippen molar-refractivity contribution in [3.63, 3.8) is 0 Å². The Morgan fingerprint density at radius 1 is 1.22 bits per heavy atom. The third-order valence-electron chi connectivity index (χ3n) is 4.96. The van der Waals surface area contributed by atoms with Crippen LogP contribution in [0.5, 0.6) is 0 Å². The van der Waals surface area contributed by atoms with Crippen molar-refractivity contribution in [1.29, 1.82) is 0 Å². The molecule has 1 fully saturated rings. The smallest absolute Gasteiger partial charge is 0.409 e. The molecule has 0 bridgehead atoms. The SMILES string of the molecule is CSc1nc2c(c(N3CCN(C(=O)OCC[Si](C)(C)C)CC3)n1)CCCN2. The molecule has 150 valence electrons. The molecule has 0 aliphatic carbocycles. The Morgan fingerprint density at radius 2 is 1.96 bits per heavy atom. The Labute approximate surface area is 167 Å². The van der Waals surface area contributed by atoms with Crippen LogP contribution in [0.3, 0.4) is 0 Å². The molecule has 7 nitrogen and oxygen atoms in total. The Hall–Kier alpha value is -1.48. The Morgan fingerprint density at radius 3 is 2.63 bits per heavy atom. The van der Waals surface area contributed by atoms with Crippen molar-refractivity contribution in [2.24, 2.45) is 0 Å². The van der Waals surface area contributed by atoms with Gasteiger partial charge in [-0.05, 0) is 25.1 Å². The molecule has 2 aliphatic heterocycles. The highest BCUT2D eigenvalue weighted by molar-refractivity contribution is 7.98. The Balaban J connectivity index is 1.60. The molecule has 1 N–H and O–H groups in total. The minimum atomic E-state index is -1.18. The number of hydrogen-bond acceptors (Lipinski definition) is 7. The van der Waals surface area contributed by atoms with Gasteiger partial charge < -0.3 is 19.9 Å². The number of amides is 1. The van der Waals surface area contributed by atoms with Crippen molar-refractivity contribution >= 4 is 37.6 Å². The standard InChI is InChI=1S/C18H31N5O2SSi/c1-26-17-20-15-14(6-5-7-19-15)16(21-17)22-8-10-23(11-9-22)18(24)25-12-13-27(2,3)4/h5-13H2,1-4H3,(H,19,20,21). The van der Waals surface area contributed by atoms with E-state index in [1.807, 2.05) is 11.2 Å². The Bertz CT molecular complexity index is 674. The van der Waals surface area contributed by atoms with Crippen molar-refractivity contribution in [3.8, 4) is 0 Å². The van der Waals surface area contributed by atoms with E-state index < -0.39 is 8.07 Å². The number of carbonyl (C=O) groups excluding carboxylic acids is 1. The van der Waals surface area contributed by atoms with E-state index in [-0.39, 0.29) is 6.09 Å². The summed E-state index contributed by atoms with van der Waals surface area (Å²) in [5.74, 6) is 2.01. The lowest BCUT2D eigenvalue weighted by atomic mass is 10.1. The number of nitrogens with one attached hydrogen (secondary N) is 1. The van der Waals surface area contributed by atoms with E-state index in [1.54, 1.807) is 11.8 Å². The maximum atomic E-state index is 12.3. The van der Waals surface area contributed by atoms with Crippen LogP contribution in [-0.2, 0) is 11.2 Å². The van der Waals surface area contributed by atoms with Gasteiger partial charge >= 0.3 is 6.09 Å². The quantitative estimate of drug-likeness (QED) is 0.455. The molecule has 27 heavy (non-hydrogen) atoms. The number of carbonyl (C=O) groups is 1. The average Bonchev–Trinajstić information content (AvgIpc) is 2.66. The highest BCUT2D eigenvalue weighted by Crippen LogP contribution is 2.31. The minimum Gasteiger partial charge on any atom is -0.450 e. The highest BCUT2D eigenvalue weighted by Gasteiger charge is 2.27. The number of hydrogen-bond donors (Lipinski definition) is 1. The number of anilines is 2. The lowest BCUT2D eigenvalue weighted by molar-refractivity contribution is 0.104. The zero-order valence-electron chi connectivity index (χ0n) is 16.9. The van der Waals surface area contributed by atoms with Gasteiger partial charge in [-0.2, -0.15) is 0 Å². The van der Waals surface area contributed by atoms with Gasteiger partial charge in [0, 0.05) is 46.4 Å². The summed E-state index contributed by atoms with van der Waals surface area (Å²) in [6.07, 6.45) is 3.93. The lowest BCUT2D eigenvalue weighted by Gasteiger charge is -2.36. The first-order valence-corrected chi connectivity index (χ1v) is 14.7. The topological polar surface area (TPSA) is 70.6 Å². The molecule has 2 aliphatic rings. The summed E-state index contributed by atoms with van der Waals surface area (Å²) in [5.41, 5.74) is 1.21. The van der Waals surface area contributed by atoms with Crippen LogP contribution in [0.2, 0.25) is 25.7 Å². The molecular weight excluding hydrogens is 378 g/mol. The van der Waals surface area contributed by atoms with Crippen LogP contribution in [-0.4, -0.2) is 74.6 Å². The van der Waals surface area contributed by atoms with Crippen molar-refractivity contribution < 1.29 is 9.53 Å². The second kappa shape index (κ2) is 8.68. The minimum absolute atomic E-state index is 0.177. The fraction of sp³-hybridized carbons (Fsp3) is 0.722. The van der Waals surface area contributed by atoms with Crippen LogP contribution < -0.4 is 10.2 Å². The zero-order valence-corrected chi connectivity index (χ0v) is 18.7. The van der Waals surface area contributed by atoms with E-state index in [2.05, 4.69) is 34.8 Å². The van der Waals surface area contributed by atoms with Crippen LogP contribution in [0.25, 0.3) is 0 Å². The van der Waals surface area contributed by atoms with Gasteiger partial charge in [-0.25, -0.2) is 14.8 Å². The second-order valence-electron chi connectivity index (χ2n) is 8.29. The molecule has 0 radical (unpaired) electrons. The predicted molar refractivity (Wildman–Crippen MR) is 114 cm³/mol. The summed E-state index contributed by atoms with van der Waals surface area (Å²) in [7, 11) is -1.18. The maximum absolute atomic E-state index is 12.3. The Kier molecular flexibility index (Phi) is 6.51. The van der Waals surface area contributed by atoms with E-state index in [9.17, 15) is 4.79 Å². The average molecular weight is 410 g/mol. The van der Waals surface area contributed by atoms with Crippen LogP contribution >= 0.6 is 11.8 Å². The highest BCUT2D eigenvalue weighted by atomic mass is 32.2. The van der Waals surface area contributed by atoms with Crippen molar-refractivity contribution in [3.05, 3.63) is 5.56 Å². The summed E-state index contributed by atoms with van der Waals surface area (Å²) in [4.78, 5) is 25.8. The van der Waals surface area contributed by atoms with Crippen molar-refractivity contribution in [2.75, 3.05) is 55.8 Å². The van der Waals surface area contributed by atoms with Gasteiger partial charge in [-0.15, -0.1) is 0 Å². The van der Waals surface area contributed by atoms with E-state index in [0.717, 1.165) is 55.3 Å². The zero-order chi connectivity index (χ0) is 19.4. The predicted octanol–water partition coefficient (Wildman–Crippen LogP) is 3.15. The van der Waals surface area contributed by atoms with Crippen molar-refractivity contribution in [1.82, 2.24) is 14.9 Å². The molecule has 0 aromatic carbocycles. The first-order valence-electron chi connectivity index (χ1n) is 9.73. The summed E-state index contributed by atoms with van der Waals surface area (Å²) >= 11 is 1.57. The third-order valence-corrected chi connectivity index (χ3v) is 7.21. The molecule has 0 spiro atoms. The number of ether oxygens (including phenoxy) is 1. The molecule has 0 unspecified atom stereocenters. The number of piperazine rings is 1. The monoisotopic (exact) mass is 409 g/mol. The summed E-state index contributed by atoms with van der Waals surface area (Å²) in [6.45, 7) is 11.3. The largest absolute Gasteiger partial charge is 0.450 e. The molecule has 1 amide bonds. The van der Waals surface area contributed by atoms with E-state index in [4.69, 9.17) is 9.72 Å². The normalized spacial score (nSPS) is 17.3. The number of fused-ring (bicyclic) bond motifs is 1. The third kappa shape index (κ3) is 5.28. The van der Waals surface area contributed by atoms with Crippen molar-refractivity contribution in [2.45, 2.75) is 43.7 Å². The van der Waals surface area contributed by atoms with Gasteiger partial charge in [0.25, 0.3) is 0 Å². The fourth-order valence-electron chi connectivity index (χ4n) is 3.29. The lowest BCUT2D eigenvalue weighted by Crippen LogP contribution is -2.49. The maximum Gasteiger partial charge on any atom is 0.409 e. The first kappa shape index (κ1) is 20.3. The molecule has 1 aromatic rings. The van der Waals surface area contributed by atoms with Gasteiger partial charge in [-0.3, -0.25) is 0 Å². The molecule has 3 rings (SSSR count). The summed E-state index contributed by atoms with van der Waals surface area (Å²) in [6, 6.07) is 1.01. The van der Waals surface area contributed by atoms with E-state index in [1.165, 1.54) is 5.56 Å². The molecule has 1 saturated heterocycles. The summed E-state index contributed by atoms with van der Waals surface area (Å²) < 4.78 is 5.49. The number of thioether (sulfide) groups is 1. The first-order chi connectivity index (χ1) is 12.9. The van der Waals surface area contributed by atoms with Gasteiger partial charge in [0.05, 0.1) is 6.61 Å². The van der Waals surface area contributed by atoms with Crippen LogP contribution in [0.1, 0.15) is 12.0 Å².